The normalized spacial score (nSPS) is 20.3. The van der Waals surface area contributed by atoms with Crippen molar-refractivity contribution < 1.29 is 0 Å². The minimum Gasteiger partial charge on any atom is -0.368 e. The van der Waals surface area contributed by atoms with E-state index < -0.39 is 0 Å². The van der Waals surface area contributed by atoms with Crippen LogP contribution in [0, 0.1) is 11.3 Å². The number of alkyl halides is 1. The zero-order valence-electron chi connectivity index (χ0n) is 10.8. The molecule has 96 valence electrons. The van der Waals surface area contributed by atoms with Crippen LogP contribution in [-0.4, -0.2) is 12.6 Å². The SMILES string of the molecule is CC1CCCCCN1c1ccc(CBr)cc1C#N. The number of rotatable bonds is 2. The third kappa shape index (κ3) is 2.87. The molecule has 1 aromatic rings. The van der Waals surface area contributed by atoms with Gasteiger partial charge in [0.2, 0.25) is 0 Å². The molecule has 1 fully saturated rings. The molecule has 0 aliphatic carbocycles. The Hall–Kier alpha value is -1.01. The first kappa shape index (κ1) is 13.4. The number of hydrogen-bond acceptors (Lipinski definition) is 2. The first-order valence-electron chi connectivity index (χ1n) is 6.62. The molecule has 2 nitrogen and oxygen atoms in total. The largest absolute Gasteiger partial charge is 0.368 e. The van der Waals surface area contributed by atoms with Crippen molar-refractivity contribution in [1.82, 2.24) is 0 Å². The van der Waals surface area contributed by atoms with Crippen molar-refractivity contribution in [2.75, 3.05) is 11.4 Å². The lowest BCUT2D eigenvalue weighted by molar-refractivity contribution is 0.616. The Bertz CT molecular complexity index is 450. The van der Waals surface area contributed by atoms with Crippen LogP contribution in [-0.2, 0) is 5.33 Å². The summed E-state index contributed by atoms with van der Waals surface area (Å²) in [5, 5.41) is 10.1. The molecular weight excluding hydrogens is 288 g/mol. The molecule has 1 aliphatic rings. The molecular formula is C15H19BrN2. The summed E-state index contributed by atoms with van der Waals surface area (Å²) in [5.41, 5.74) is 3.08. The number of anilines is 1. The van der Waals surface area contributed by atoms with Crippen molar-refractivity contribution >= 4 is 21.6 Å². The number of nitrogens with zero attached hydrogens (tertiary/aromatic N) is 2. The Morgan fingerprint density at radius 1 is 1.39 bits per heavy atom. The van der Waals surface area contributed by atoms with Crippen molar-refractivity contribution in [1.29, 1.82) is 5.26 Å². The van der Waals surface area contributed by atoms with Gasteiger partial charge in [-0.25, -0.2) is 0 Å². The van der Waals surface area contributed by atoms with Crippen LogP contribution in [0.5, 0.6) is 0 Å². The van der Waals surface area contributed by atoms with Crippen LogP contribution in [0.4, 0.5) is 5.69 Å². The third-order valence-electron chi connectivity index (χ3n) is 3.70. The second-order valence-electron chi connectivity index (χ2n) is 4.99. The standard InChI is InChI=1S/C15H19BrN2/c1-12-5-3-2-4-8-18(12)15-7-6-13(10-16)9-14(15)11-17/h6-7,9,12H,2-5,8,10H2,1H3. The molecule has 0 saturated carbocycles. The van der Waals surface area contributed by atoms with Crippen molar-refractivity contribution in [2.24, 2.45) is 0 Å². The lowest BCUT2D eigenvalue weighted by Gasteiger charge is -2.30. The number of halogens is 1. The van der Waals surface area contributed by atoms with Crippen LogP contribution in [0.1, 0.15) is 43.7 Å². The van der Waals surface area contributed by atoms with E-state index in [9.17, 15) is 5.26 Å². The maximum absolute atomic E-state index is 9.33. The Labute approximate surface area is 118 Å². The van der Waals surface area contributed by atoms with E-state index >= 15 is 0 Å². The predicted octanol–water partition coefficient (Wildman–Crippen LogP) is 4.22. The summed E-state index contributed by atoms with van der Waals surface area (Å²) in [6.45, 7) is 3.34. The average molecular weight is 307 g/mol. The number of nitriles is 1. The highest BCUT2D eigenvalue weighted by molar-refractivity contribution is 9.08. The summed E-state index contributed by atoms with van der Waals surface area (Å²) in [5.74, 6) is 0. The fourth-order valence-corrected chi connectivity index (χ4v) is 2.99. The van der Waals surface area contributed by atoms with Gasteiger partial charge < -0.3 is 4.90 Å². The highest BCUT2D eigenvalue weighted by Crippen LogP contribution is 2.28. The molecule has 3 heteroatoms. The Balaban J connectivity index is 2.34. The van der Waals surface area contributed by atoms with Gasteiger partial charge in [0.05, 0.1) is 11.3 Å². The van der Waals surface area contributed by atoms with Gasteiger partial charge in [0.25, 0.3) is 0 Å². The van der Waals surface area contributed by atoms with Crippen molar-refractivity contribution in [3.8, 4) is 6.07 Å². The van der Waals surface area contributed by atoms with Crippen LogP contribution in [0.15, 0.2) is 18.2 Å². The van der Waals surface area contributed by atoms with Crippen LogP contribution >= 0.6 is 15.9 Å². The maximum atomic E-state index is 9.33. The smallest absolute Gasteiger partial charge is 0.101 e. The molecule has 0 bridgehead atoms. The zero-order chi connectivity index (χ0) is 13.0. The summed E-state index contributed by atoms with van der Waals surface area (Å²) >= 11 is 3.44. The molecule has 1 aromatic carbocycles. The topological polar surface area (TPSA) is 27.0 Å². The average Bonchev–Trinajstić information content (AvgIpc) is 2.62. The van der Waals surface area contributed by atoms with Crippen molar-refractivity contribution in [2.45, 2.75) is 44.0 Å². The molecule has 0 spiro atoms. The summed E-state index contributed by atoms with van der Waals surface area (Å²) < 4.78 is 0. The molecule has 1 unspecified atom stereocenters. The molecule has 18 heavy (non-hydrogen) atoms. The van der Waals surface area contributed by atoms with Gasteiger partial charge in [0.1, 0.15) is 6.07 Å². The quantitative estimate of drug-likeness (QED) is 0.765. The second kappa shape index (κ2) is 6.24. The van der Waals surface area contributed by atoms with Gasteiger partial charge >= 0.3 is 0 Å². The van der Waals surface area contributed by atoms with E-state index in [2.05, 4.69) is 46.0 Å². The first-order valence-corrected chi connectivity index (χ1v) is 7.74. The highest BCUT2D eigenvalue weighted by Gasteiger charge is 2.19. The fraction of sp³-hybridized carbons (Fsp3) is 0.533. The molecule has 1 heterocycles. The van der Waals surface area contributed by atoms with Gasteiger partial charge in [-0.3, -0.25) is 0 Å². The number of hydrogen-bond donors (Lipinski definition) is 0. The molecule has 1 atom stereocenters. The van der Waals surface area contributed by atoms with E-state index in [1.54, 1.807) is 0 Å². The van der Waals surface area contributed by atoms with E-state index in [0.717, 1.165) is 28.7 Å². The molecule has 0 radical (unpaired) electrons. The van der Waals surface area contributed by atoms with Gasteiger partial charge in [0, 0.05) is 17.9 Å². The van der Waals surface area contributed by atoms with Crippen LogP contribution in [0.3, 0.4) is 0 Å². The summed E-state index contributed by atoms with van der Waals surface area (Å²) in [6, 6.07) is 9.11. The zero-order valence-corrected chi connectivity index (χ0v) is 12.4. The molecule has 1 aliphatic heterocycles. The molecule has 1 saturated heterocycles. The van der Waals surface area contributed by atoms with Crippen LogP contribution in [0.25, 0.3) is 0 Å². The van der Waals surface area contributed by atoms with Crippen LogP contribution in [0.2, 0.25) is 0 Å². The van der Waals surface area contributed by atoms with E-state index in [1.807, 2.05) is 6.07 Å². The molecule has 0 aromatic heterocycles. The van der Waals surface area contributed by atoms with Gasteiger partial charge in [-0.05, 0) is 37.5 Å². The number of benzene rings is 1. The van der Waals surface area contributed by atoms with Gasteiger partial charge in [-0.15, -0.1) is 0 Å². The van der Waals surface area contributed by atoms with E-state index in [4.69, 9.17) is 0 Å². The highest BCUT2D eigenvalue weighted by atomic mass is 79.9. The lowest BCUT2D eigenvalue weighted by Crippen LogP contribution is -2.33. The lowest BCUT2D eigenvalue weighted by atomic mass is 10.1. The summed E-state index contributed by atoms with van der Waals surface area (Å²) in [7, 11) is 0. The van der Waals surface area contributed by atoms with Gasteiger partial charge in [-0.1, -0.05) is 34.8 Å². The fourth-order valence-electron chi connectivity index (χ4n) is 2.64. The monoisotopic (exact) mass is 306 g/mol. The van der Waals surface area contributed by atoms with Crippen molar-refractivity contribution in [3.05, 3.63) is 29.3 Å². The molecule has 0 N–H and O–H groups in total. The Morgan fingerprint density at radius 3 is 2.94 bits per heavy atom. The minimum absolute atomic E-state index is 0.537. The molecule has 2 rings (SSSR count). The first-order chi connectivity index (χ1) is 8.76. The minimum atomic E-state index is 0.537. The Morgan fingerprint density at radius 2 is 2.22 bits per heavy atom. The van der Waals surface area contributed by atoms with E-state index in [1.165, 1.54) is 25.7 Å². The molecule has 0 amide bonds. The summed E-state index contributed by atoms with van der Waals surface area (Å²) in [4.78, 5) is 2.41. The van der Waals surface area contributed by atoms with Crippen molar-refractivity contribution in [3.63, 3.8) is 0 Å². The van der Waals surface area contributed by atoms with Gasteiger partial charge in [0.15, 0.2) is 0 Å². The summed E-state index contributed by atoms with van der Waals surface area (Å²) in [6.07, 6.45) is 5.07. The maximum Gasteiger partial charge on any atom is 0.101 e. The third-order valence-corrected chi connectivity index (χ3v) is 4.35. The van der Waals surface area contributed by atoms with E-state index in [-0.39, 0.29) is 0 Å². The van der Waals surface area contributed by atoms with E-state index in [0.29, 0.717) is 6.04 Å². The Kier molecular flexibility index (Phi) is 4.66. The van der Waals surface area contributed by atoms with Crippen LogP contribution < -0.4 is 4.90 Å². The van der Waals surface area contributed by atoms with Gasteiger partial charge in [-0.2, -0.15) is 5.26 Å². The second-order valence-corrected chi connectivity index (χ2v) is 5.55. The predicted molar refractivity (Wildman–Crippen MR) is 79.1 cm³/mol.